The standard InChI is InChI=1S/C38H36F10N2O3/c1-6-49(5)33(51)22-7-9-28(30(16-22)38(46,47)48)21-8-10-31(39)29(15-21)27-11-12-35(3,4)18-24(27)19-50-20(2)32(53-34(50)52)23-13-25(36(40,41)42)17-26(14-23)37(43,44)45/h7-10,13-17,20,32H,6,11-12,18-19H2,1-5H3/t20-,32-/m0/s1. The number of allylic oxidation sites excluding steroid dienone is 1. The summed E-state index contributed by atoms with van der Waals surface area (Å²) in [4.78, 5) is 28.3. The van der Waals surface area contributed by atoms with Crippen LogP contribution in [0.15, 0.2) is 60.2 Å². The van der Waals surface area contributed by atoms with Crippen molar-refractivity contribution in [2.75, 3.05) is 20.1 Å². The van der Waals surface area contributed by atoms with Crippen molar-refractivity contribution in [1.29, 1.82) is 0 Å². The van der Waals surface area contributed by atoms with Gasteiger partial charge in [-0.05, 0) is 109 Å². The molecule has 0 bridgehead atoms. The first-order valence-electron chi connectivity index (χ1n) is 16.7. The Labute approximate surface area is 299 Å². The Hall–Kier alpha value is -4.56. The van der Waals surface area contributed by atoms with Crippen LogP contribution in [0.5, 0.6) is 0 Å². The summed E-state index contributed by atoms with van der Waals surface area (Å²) in [6.07, 6.45) is -16.6. The van der Waals surface area contributed by atoms with E-state index in [1.807, 2.05) is 13.8 Å². The highest BCUT2D eigenvalue weighted by Crippen LogP contribution is 2.47. The van der Waals surface area contributed by atoms with Crippen LogP contribution in [0.2, 0.25) is 0 Å². The molecule has 3 aromatic carbocycles. The number of amides is 2. The van der Waals surface area contributed by atoms with E-state index in [9.17, 15) is 49.1 Å². The van der Waals surface area contributed by atoms with E-state index in [4.69, 9.17) is 4.74 Å². The first-order chi connectivity index (χ1) is 24.4. The zero-order valence-corrected chi connectivity index (χ0v) is 29.3. The summed E-state index contributed by atoms with van der Waals surface area (Å²) in [6, 6.07) is 6.55. The number of cyclic esters (lactones) is 1. The monoisotopic (exact) mass is 758 g/mol. The second-order valence-corrected chi connectivity index (χ2v) is 14.2. The van der Waals surface area contributed by atoms with Crippen molar-refractivity contribution in [3.05, 3.63) is 99.4 Å². The third-order valence-corrected chi connectivity index (χ3v) is 9.86. The Balaban J connectivity index is 1.56. The number of halogens is 10. The lowest BCUT2D eigenvalue weighted by molar-refractivity contribution is -0.143. The van der Waals surface area contributed by atoms with E-state index in [0.29, 0.717) is 29.7 Å². The molecule has 0 saturated carbocycles. The van der Waals surface area contributed by atoms with E-state index in [2.05, 4.69) is 0 Å². The number of benzene rings is 3. The van der Waals surface area contributed by atoms with Gasteiger partial charge in [0.05, 0.1) is 22.7 Å². The van der Waals surface area contributed by atoms with Gasteiger partial charge in [0.1, 0.15) is 11.9 Å². The van der Waals surface area contributed by atoms with Crippen LogP contribution in [0.25, 0.3) is 16.7 Å². The van der Waals surface area contributed by atoms with Crippen LogP contribution in [-0.2, 0) is 23.3 Å². The molecule has 0 unspecified atom stereocenters. The molecule has 2 amide bonds. The van der Waals surface area contributed by atoms with E-state index in [-0.39, 0.29) is 59.7 Å². The quantitative estimate of drug-likeness (QED) is 0.226. The van der Waals surface area contributed by atoms with Gasteiger partial charge in [0.25, 0.3) is 5.91 Å². The molecule has 0 spiro atoms. The van der Waals surface area contributed by atoms with Gasteiger partial charge in [-0.15, -0.1) is 0 Å². The average molecular weight is 759 g/mol. The summed E-state index contributed by atoms with van der Waals surface area (Å²) in [5, 5.41) is 0. The highest BCUT2D eigenvalue weighted by Gasteiger charge is 2.44. The van der Waals surface area contributed by atoms with Gasteiger partial charge in [-0.3, -0.25) is 9.69 Å². The smallest absolute Gasteiger partial charge is 0.417 e. The molecule has 5 nitrogen and oxygen atoms in total. The van der Waals surface area contributed by atoms with Crippen molar-refractivity contribution < 1.29 is 58.2 Å². The first kappa shape index (κ1) is 39.6. The molecular formula is C38H36F10N2O3. The van der Waals surface area contributed by atoms with Crippen molar-refractivity contribution in [2.24, 2.45) is 5.41 Å². The van der Waals surface area contributed by atoms with Crippen LogP contribution in [-0.4, -0.2) is 48.0 Å². The minimum Gasteiger partial charge on any atom is -0.439 e. The fourth-order valence-corrected chi connectivity index (χ4v) is 6.85. The number of ether oxygens (including phenoxy) is 1. The summed E-state index contributed by atoms with van der Waals surface area (Å²) >= 11 is 0. The third kappa shape index (κ3) is 8.33. The van der Waals surface area contributed by atoms with Crippen molar-refractivity contribution in [1.82, 2.24) is 9.80 Å². The van der Waals surface area contributed by atoms with Crippen molar-refractivity contribution in [3.63, 3.8) is 0 Å². The van der Waals surface area contributed by atoms with Crippen molar-refractivity contribution >= 4 is 17.6 Å². The fraction of sp³-hybridized carbons (Fsp3) is 0.421. The molecule has 0 aromatic heterocycles. The van der Waals surface area contributed by atoms with Gasteiger partial charge >= 0.3 is 24.6 Å². The van der Waals surface area contributed by atoms with Crippen LogP contribution in [0.4, 0.5) is 48.7 Å². The number of rotatable bonds is 7. The van der Waals surface area contributed by atoms with Crippen LogP contribution < -0.4 is 0 Å². The number of hydrogen-bond donors (Lipinski definition) is 0. The van der Waals surface area contributed by atoms with Gasteiger partial charge in [0.15, 0.2) is 0 Å². The zero-order valence-electron chi connectivity index (χ0n) is 29.3. The molecule has 1 aliphatic carbocycles. The summed E-state index contributed by atoms with van der Waals surface area (Å²) < 4.78 is 146. The maximum atomic E-state index is 15.7. The first-order valence-corrected chi connectivity index (χ1v) is 16.7. The number of carbonyl (C=O) groups excluding carboxylic acids is 2. The lowest BCUT2D eigenvalue weighted by Crippen LogP contribution is -2.35. The van der Waals surface area contributed by atoms with Crippen LogP contribution in [0.1, 0.15) is 91.2 Å². The molecule has 1 saturated heterocycles. The lowest BCUT2D eigenvalue weighted by atomic mass is 9.72. The number of hydrogen-bond acceptors (Lipinski definition) is 3. The fourth-order valence-electron chi connectivity index (χ4n) is 6.85. The summed E-state index contributed by atoms with van der Waals surface area (Å²) in [5.74, 6) is -1.38. The van der Waals surface area contributed by atoms with Gasteiger partial charge in [0.2, 0.25) is 0 Å². The minimum atomic E-state index is -5.13. The number of alkyl halides is 9. The van der Waals surface area contributed by atoms with Crippen molar-refractivity contribution in [3.8, 4) is 11.1 Å². The van der Waals surface area contributed by atoms with Gasteiger partial charge in [0, 0.05) is 31.3 Å². The molecule has 53 heavy (non-hydrogen) atoms. The Morgan fingerprint density at radius 2 is 1.51 bits per heavy atom. The Bertz CT molecular complexity index is 1910. The lowest BCUT2D eigenvalue weighted by Gasteiger charge is -2.35. The normalized spacial score (nSPS) is 19.5. The van der Waals surface area contributed by atoms with Crippen molar-refractivity contribution in [2.45, 2.75) is 77.6 Å². The van der Waals surface area contributed by atoms with Gasteiger partial charge in [-0.25, -0.2) is 9.18 Å². The van der Waals surface area contributed by atoms with Crippen LogP contribution in [0.3, 0.4) is 0 Å². The molecule has 2 aliphatic rings. The number of carbonyl (C=O) groups is 2. The molecule has 1 aliphatic heterocycles. The average Bonchev–Trinajstić information content (AvgIpc) is 3.34. The molecule has 286 valence electrons. The Morgan fingerprint density at radius 3 is 2.08 bits per heavy atom. The second kappa shape index (κ2) is 14.0. The SMILES string of the molecule is CCN(C)C(=O)c1ccc(-c2ccc(F)c(C3=C(CN4C(=O)O[C@H](c5cc(C(F)(F)F)cc(C(F)(F)F)c5)[C@@H]4C)CC(C)(C)CC3)c2)c(C(F)(F)F)c1. The highest BCUT2D eigenvalue weighted by atomic mass is 19.4. The van der Waals surface area contributed by atoms with Gasteiger partial charge in [-0.2, -0.15) is 39.5 Å². The van der Waals surface area contributed by atoms with Crippen LogP contribution >= 0.6 is 0 Å². The Kier molecular flexibility index (Phi) is 10.5. The third-order valence-electron chi connectivity index (χ3n) is 9.86. The number of nitrogens with zero attached hydrogens (tertiary/aromatic N) is 2. The molecule has 3 aromatic rings. The van der Waals surface area contributed by atoms with Crippen LogP contribution in [0, 0.1) is 11.2 Å². The second-order valence-electron chi connectivity index (χ2n) is 14.2. The summed E-state index contributed by atoms with van der Waals surface area (Å²) in [7, 11) is 1.45. The summed E-state index contributed by atoms with van der Waals surface area (Å²) in [5.41, 5.74) is -4.75. The van der Waals surface area contributed by atoms with E-state index in [1.165, 1.54) is 37.1 Å². The Morgan fingerprint density at radius 1 is 0.887 bits per heavy atom. The minimum absolute atomic E-state index is 0.00674. The summed E-state index contributed by atoms with van der Waals surface area (Å²) in [6.45, 7) is 6.93. The molecule has 5 rings (SSSR count). The predicted molar refractivity (Wildman–Crippen MR) is 176 cm³/mol. The molecule has 0 radical (unpaired) electrons. The van der Waals surface area contributed by atoms with E-state index >= 15 is 4.39 Å². The maximum Gasteiger partial charge on any atom is 0.417 e. The molecule has 2 atom stereocenters. The highest BCUT2D eigenvalue weighted by molar-refractivity contribution is 5.95. The molecule has 1 fully saturated rings. The van der Waals surface area contributed by atoms with E-state index in [0.717, 1.165) is 23.1 Å². The zero-order chi connectivity index (χ0) is 39.4. The molecule has 0 N–H and O–H groups in total. The van der Waals surface area contributed by atoms with Gasteiger partial charge in [-0.1, -0.05) is 26.0 Å². The molecule has 15 heteroatoms. The van der Waals surface area contributed by atoms with Gasteiger partial charge < -0.3 is 9.64 Å². The molecular weight excluding hydrogens is 722 g/mol. The predicted octanol–water partition coefficient (Wildman–Crippen LogP) is 11.2. The maximum absolute atomic E-state index is 15.7. The molecule has 1 heterocycles. The van der Waals surface area contributed by atoms with E-state index in [1.54, 1.807) is 6.92 Å². The largest absolute Gasteiger partial charge is 0.439 e. The topological polar surface area (TPSA) is 49.9 Å². The van der Waals surface area contributed by atoms with E-state index < -0.39 is 70.7 Å².